The van der Waals surface area contributed by atoms with E-state index in [0.29, 0.717) is 22.0 Å². The van der Waals surface area contributed by atoms with Crippen molar-refractivity contribution in [3.05, 3.63) is 83.9 Å². The monoisotopic (exact) mass is 411 g/mol. The molecule has 150 valence electrons. The van der Waals surface area contributed by atoms with Crippen molar-refractivity contribution < 1.29 is 14.3 Å². The maximum absolute atomic E-state index is 12.4. The fourth-order valence-electron chi connectivity index (χ4n) is 2.88. The molecule has 0 spiro atoms. The summed E-state index contributed by atoms with van der Waals surface area (Å²) in [7, 11) is 1.33. The summed E-state index contributed by atoms with van der Waals surface area (Å²) >= 11 is 6.22. The number of carbonyl (C=O) groups excluding carboxylic acids is 1. The van der Waals surface area contributed by atoms with E-state index in [2.05, 4.69) is 17.1 Å². The van der Waals surface area contributed by atoms with Gasteiger partial charge in [0.15, 0.2) is 0 Å². The fraction of sp³-hybridized carbons (Fsp3) is 0.182. The Hall–Kier alpha value is -3.09. The number of rotatable bonds is 7. The number of ether oxygens (including phenoxy) is 2. The van der Waals surface area contributed by atoms with Crippen LogP contribution in [-0.4, -0.2) is 24.8 Å². The van der Waals surface area contributed by atoms with Gasteiger partial charge in [0.25, 0.3) is 0 Å². The number of methoxy groups -OCH3 is 1. The van der Waals surface area contributed by atoms with E-state index < -0.39 is 12.1 Å². The Morgan fingerprint density at radius 1 is 1.31 bits per heavy atom. The molecule has 7 heteroatoms. The quantitative estimate of drug-likeness (QED) is 0.539. The molecule has 0 bridgehead atoms. The van der Waals surface area contributed by atoms with Crippen LogP contribution in [0.3, 0.4) is 0 Å². The van der Waals surface area contributed by atoms with Crippen molar-refractivity contribution in [2.45, 2.75) is 19.1 Å². The molecule has 0 saturated heterocycles. The Bertz CT molecular complexity index is 944. The number of nitrogens with zero attached hydrogens (tertiary/aromatic N) is 2. The highest BCUT2D eigenvalue weighted by Crippen LogP contribution is 2.35. The number of anilines is 1. The number of hydrogen-bond acceptors (Lipinski definition) is 6. The van der Waals surface area contributed by atoms with Gasteiger partial charge in [-0.3, -0.25) is 0 Å². The molecular formula is C22H22ClN3O3. The molecule has 1 aliphatic rings. The van der Waals surface area contributed by atoms with Crippen LogP contribution >= 0.6 is 11.6 Å². The zero-order chi connectivity index (χ0) is 20.8. The van der Waals surface area contributed by atoms with Gasteiger partial charge in [0, 0.05) is 10.6 Å². The SMILES string of the molecule is C=CC1NN(c2cc(Cl)ccc2OC(C(=O)OC)c2ccccc2)N=C1/C=C\C. The first kappa shape index (κ1) is 20.6. The van der Waals surface area contributed by atoms with E-state index in [1.807, 2.05) is 37.3 Å². The van der Waals surface area contributed by atoms with Crippen molar-refractivity contribution >= 4 is 29.0 Å². The predicted octanol–water partition coefficient (Wildman–Crippen LogP) is 4.44. The van der Waals surface area contributed by atoms with Crippen LogP contribution in [0.4, 0.5) is 5.69 Å². The van der Waals surface area contributed by atoms with Crippen LogP contribution in [0.15, 0.2) is 78.4 Å². The lowest BCUT2D eigenvalue weighted by Crippen LogP contribution is -2.36. The minimum absolute atomic E-state index is 0.163. The molecule has 6 nitrogen and oxygen atoms in total. The maximum Gasteiger partial charge on any atom is 0.351 e. The molecule has 2 aromatic rings. The van der Waals surface area contributed by atoms with Crippen molar-refractivity contribution in [2.75, 3.05) is 12.2 Å². The molecule has 1 N–H and O–H groups in total. The van der Waals surface area contributed by atoms with Gasteiger partial charge in [0.05, 0.1) is 18.9 Å². The molecule has 0 amide bonds. The lowest BCUT2D eigenvalue weighted by molar-refractivity contribution is -0.149. The molecule has 2 unspecified atom stereocenters. The Morgan fingerprint density at radius 3 is 2.72 bits per heavy atom. The normalized spacial score (nSPS) is 17.1. The van der Waals surface area contributed by atoms with Crippen LogP contribution < -0.4 is 15.3 Å². The molecule has 2 atom stereocenters. The number of carbonyl (C=O) groups is 1. The zero-order valence-electron chi connectivity index (χ0n) is 16.2. The third kappa shape index (κ3) is 4.67. The average molecular weight is 412 g/mol. The summed E-state index contributed by atoms with van der Waals surface area (Å²) in [6.07, 6.45) is 4.62. The van der Waals surface area contributed by atoms with E-state index in [1.54, 1.807) is 41.5 Å². The third-order valence-electron chi connectivity index (χ3n) is 4.28. The fourth-order valence-corrected chi connectivity index (χ4v) is 3.05. The number of hydrazine groups is 1. The summed E-state index contributed by atoms with van der Waals surface area (Å²) in [5.41, 5.74) is 5.25. The molecule has 0 radical (unpaired) electrons. The van der Waals surface area contributed by atoms with Gasteiger partial charge < -0.3 is 9.47 Å². The Labute approximate surface area is 175 Å². The van der Waals surface area contributed by atoms with Gasteiger partial charge in [-0.15, -0.1) is 6.58 Å². The van der Waals surface area contributed by atoms with Gasteiger partial charge in [0.2, 0.25) is 6.10 Å². The largest absolute Gasteiger partial charge is 0.472 e. The summed E-state index contributed by atoms with van der Waals surface area (Å²) < 4.78 is 11.0. The summed E-state index contributed by atoms with van der Waals surface area (Å²) in [6.45, 7) is 5.76. The van der Waals surface area contributed by atoms with Gasteiger partial charge in [-0.2, -0.15) is 15.6 Å². The summed E-state index contributed by atoms with van der Waals surface area (Å²) in [6, 6.07) is 14.1. The second-order valence-electron chi connectivity index (χ2n) is 6.22. The number of allylic oxidation sites excluding steroid dienone is 1. The highest BCUT2D eigenvalue weighted by Gasteiger charge is 2.28. The van der Waals surface area contributed by atoms with E-state index in [-0.39, 0.29) is 6.04 Å². The highest BCUT2D eigenvalue weighted by atomic mass is 35.5. The molecule has 2 aromatic carbocycles. The molecule has 0 fully saturated rings. The van der Waals surface area contributed by atoms with E-state index in [1.165, 1.54) is 7.11 Å². The van der Waals surface area contributed by atoms with Gasteiger partial charge in [0.1, 0.15) is 11.4 Å². The minimum atomic E-state index is -0.932. The lowest BCUT2D eigenvalue weighted by atomic mass is 10.1. The summed E-state index contributed by atoms with van der Waals surface area (Å²) in [5.74, 6) is -0.0806. The molecule has 1 aliphatic heterocycles. The molecule has 0 aliphatic carbocycles. The van der Waals surface area contributed by atoms with Gasteiger partial charge >= 0.3 is 5.97 Å². The summed E-state index contributed by atoms with van der Waals surface area (Å²) in [5, 5.41) is 6.65. The van der Waals surface area contributed by atoms with Crippen molar-refractivity contribution in [2.24, 2.45) is 5.10 Å². The first-order valence-corrected chi connectivity index (χ1v) is 9.44. The molecule has 29 heavy (non-hydrogen) atoms. The van der Waals surface area contributed by atoms with Crippen LogP contribution in [0.5, 0.6) is 5.75 Å². The Balaban J connectivity index is 1.98. The van der Waals surface area contributed by atoms with Crippen LogP contribution in [0.1, 0.15) is 18.6 Å². The zero-order valence-corrected chi connectivity index (χ0v) is 17.0. The van der Waals surface area contributed by atoms with Crippen molar-refractivity contribution in [3.63, 3.8) is 0 Å². The number of hydrogen-bond donors (Lipinski definition) is 1. The minimum Gasteiger partial charge on any atom is -0.472 e. The molecule has 0 aromatic heterocycles. The smallest absolute Gasteiger partial charge is 0.351 e. The molecule has 0 saturated carbocycles. The molecule has 3 rings (SSSR count). The number of nitrogens with one attached hydrogen (secondary N) is 1. The third-order valence-corrected chi connectivity index (χ3v) is 4.52. The van der Waals surface area contributed by atoms with Crippen LogP contribution in [-0.2, 0) is 9.53 Å². The van der Waals surface area contributed by atoms with Gasteiger partial charge in [-0.1, -0.05) is 54.1 Å². The number of halogens is 1. The first-order valence-electron chi connectivity index (χ1n) is 9.06. The number of benzene rings is 2. The van der Waals surface area contributed by atoms with E-state index in [9.17, 15) is 4.79 Å². The van der Waals surface area contributed by atoms with Crippen molar-refractivity contribution in [3.8, 4) is 5.75 Å². The highest BCUT2D eigenvalue weighted by molar-refractivity contribution is 6.31. The standard InChI is InChI=1S/C22H22ClN3O3/c1-4-9-18-17(5-2)24-26(25-18)19-14-16(23)12-13-20(19)29-21(22(27)28-3)15-10-7-6-8-11-15/h4-14,17,21,24H,2H2,1,3H3/b9-4-. The van der Waals surface area contributed by atoms with Crippen LogP contribution in [0.25, 0.3) is 0 Å². The topological polar surface area (TPSA) is 63.2 Å². The predicted molar refractivity (Wildman–Crippen MR) is 115 cm³/mol. The van der Waals surface area contributed by atoms with E-state index in [0.717, 1.165) is 5.71 Å². The van der Waals surface area contributed by atoms with Gasteiger partial charge in [-0.05, 0) is 31.2 Å². The first-order chi connectivity index (χ1) is 14.1. The molecule has 1 heterocycles. The van der Waals surface area contributed by atoms with Gasteiger partial charge in [-0.25, -0.2) is 4.79 Å². The van der Waals surface area contributed by atoms with E-state index >= 15 is 0 Å². The second kappa shape index (κ2) is 9.41. The maximum atomic E-state index is 12.4. The second-order valence-corrected chi connectivity index (χ2v) is 6.66. The van der Waals surface area contributed by atoms with Crippen LogP contribution in [0.2, 0.25) is 5.02 Å². The van der Waals surface area contributed by atoms with Crippen LogP contribution in [0, 0.1) is 0 Å². The Morgan fingerprint density at radius 2 is 2.07 bits per heavy atom. The average Bonchev–Trinajstić information content (AvgIpc) is 3.16. The van der Waals surface area contributed by atoms with E-state index in [4.69, 9.17) is 21.1 Å². The molecular weight excluding hydrogens is 390 g/mol. The lowest BCUT2D eigenvalue weighted by Gasteiger charge is -2.23. The van der Waals surface area contributed by atoms with Crippen molar-refractivity contribution in [1.29, 1.82) is 0 Å². The summed E-state index contributed by atoms with van der Waals surface area (Å²) in [4.78, 5) is 12.4. The number of esters is 1. The Kier molecular flexibility index (Phi) is 6.69. The number of hydrazone groups is 1. The van der Waals surface area contributed by atoms with Crippen molar-refractivity contribution in [1.82, 2.24) is 5.43 Å².